The minimum atomic E-state index is 0.309. The van der Waals surface area contributed by atoms with E-state index < -0.39 is 0 Å². The lowest BCUT2D eigenvalue weighted by Crippen LogP contribution is -2.28. The van der Waals surface area contributed by atoms with Crippen LogP contribution in [0.15, 0.2) is 0 Å². The molecule has 0 bridgehead atoms. The number of hydrogen-bond acceptors (Lipinski definition) is 7. The van der Waals surface area contributed by atoms with E-state index in [9.17, 15) is 0 Å². The predicted molar refractivity (Wildman–Crippen MR) is 80.8 cm³/mol. The van der Waals surface area contributed by atoms with E-state index >= 15 is 0 Å². The normalized spacial score (nSPS) is 10.4. The van der Waals surface area contributed by atoms with Crippen LogP contribution in [0.1, 0.15) is 46.5 Å². The molecule has 7 heteroatoms. The van der Waals surface area contributed by atoms with Crippen molar-refractivity contribution in [1.29, 1.82) is 0 Å². The van der Waals surface area contributed by atoms with E-state index in [1.54, 1.807) is 0 Å². The standard InChI is InChI=1S/C13H26N6O/c1-4-7-9-19(10-8-5-2)12-15-11(18-14)16-13(17-12)20-6-3/h4-10,14H2,1-3H3,(H,15,16,17,18). The van der Waals surface area contributed by atoms with Crippen molar-refractivity contribution in [2.45, 2.75) is 46.5 Å². The summed E-state index contributed by atoms with van der Waals surface area (Å²) >= 11 is 0. The highest BCUT2D eigenvalue weighted by atomic mass is 16.5. The van der Waals surface area contributed by atoms with E-state index in [2.05, 4.69) is 39.1 Å². The van der Waals surface area contributed by atoms with Crippen LogP contribution in [0.4, 0.5) is 11.9 Å². The molecule has 0 aliphatic heterocycles. The second-order valence-corrected chi connectivity index (χ2v) is 4.51. The maximum Gasteiger partial charge on any atom is 0.323 e. The van der Waals surface area contributed by atoms with Gasteiger partial charge in [0.25, 0.3) is 0 Å². The minimum absolute atomic E-state index is 0.309. The number of hydrogen-bond donors (Lipinski definition) is 2. The molecule has 0 amide bonds. The molecule has 0 aliphatic rings. The van der Waals surface area contributed by atoms with Crippen LogP contribution in [0.2, 0.25) is 0 Å². The second-order valence-electron chi connectivity index (χ2n) is 4.51. The highest BCUT2D eigenvalue weighted by Gasteiger charge is 2.13. The molecular formula is C13H26N6O. The fourth-order valence-electron chi connectivity index (χ4n) is 1.76. The monoisotopic (exact) mass is 282 g/mol. The van der Waals surface area contributed by atoms with Gasteiger partial charge in [0.05, 0.1) is 6.61 Å². The number of aromatic nitrogens is 3. The Labute approximate surface area is 120 Å². The van der Waals surface area contributed by atoms with Crippen molar-refractivity contribution in [3.63, 3.8) is 0 Å². The zero-order chi connectivity index (χ0) is 14.8. The lowest BCUT2D eigenvalue weighted by molar-refractivity contribution is 0.312. The first-order valence-electron chi connectivity index (χ1n) is 7.35. The van der Waals surface area contributed by atoms with Crippen LogP contribution in [-0.2, 0) is 0 Å². The van der Waals surface area contributed by atoms with Gasteiger partial charge in [-0.2, -0.15) is 15.0 Å². The van der Waals surface area contributed by atoms with Gasteiger partial charge in [0, 0.05) is 13.1 Å². The molecule has 1 heterocycles. The molecule has 0 unspecified atom stereocenters. The molecule has 114 valence electrons. The first-order valence-corrected chi connectivity index (χ1v) is 7.35. The molecule has 1 aromatic rings. The van der Waals surface area contributed by atoms with Gasteiger partial charge in [-0.15, -0.1) is 0 Å². The molecule has 20 heavy (non-hydrogen) atoms. The van der Waals surface area contributed by atoms with Crippen LogP contribution in [0, 0.1) is 0 Å². The van der Waals surface area contributed by atoms with Gasteiger partial charge in [-0.1, -0.05) is 26.7 Å². The zero-order valence-electron chi connectivity index (χ0n) is 12.7. The summed E-state index contributed by atoms with van der Waals surface area (Å²) in [5.74, 6) is 6.36. The molecule has 0 aromatic carbocycles. The van der Waals surface area contributed by atoms with Gasteiger partial charge < -0.3 is 9.64 Å². The molecule has 1 aromatic heterocycles. The largest absolute Gasteiger partial charge is 0.464 e. The molecule has 0 saturated carbocycles. The fraction of sp³-hybridized carbons (Fsp3) is 0.769. The molecule has 0 fully saturated rings. The summed E-state index contributed by atoms with van der Waals surface area (Å²) in [6, 6.07) is 0.309. The van der Waals surface area contributed by atoms with Crippen LogP contribution < -0.4 is 20.9 Å². The number of unbranched alkanes of at least 4 members (excludes halogenated alkanes) is 2. The zero-order valence-corrected chi connectivity index (χ0v) is 12.7. The van der Waals surface area contributed by atoms with Crippen LogP contribution in [0.25, 0.3) is 0 Å². The van der Waals surface area contributed by atoms with Gasteiger partial charge in [-0.3, -0.25) is 5.43 Å². The number of nitrogens with two attached hydrogens (primary N) is 1. The summed E-state index contributed by atoms with van der Waals surface area (Å²) in [7, 11) is 0. The molecule has 7 nitrogen and oxygen atoms in total. The molecule has 0 radical (unpaired) electrons. The van der Waals surface area contributed by atoms with Crippen LogP contribution in [0.3, 0.4) is 0 Å². The number of ether oxygens (including phenoxy) is 1. The second kappa shape index (κ2) is 9.30. The third-order valence-electron chi connectivity index (χ3n) is 2.85. The number of nitrogens with zero attached hydrogens (tertiary/aromatic N) is 4. The Hall–Kier alpha value is -1.63. The number of nitrogens with one attached hydrogen (secondary N) is 1. The summed E-state index contributed by atoms with van der Waals surface area (Å²) in [6.45, 7) is 8.60. The Morgan fingerprint density at radius 1 is 1.05 bits per heavy atom. The first-order chi connectivity index (χ1) is 9.74. The third kappa shape index (κ3) is 5.16. The molecular weight excluding hydrogens is 256 g/mol. The van der Waals surface area contributed by atoms with Gasteiger partial charge in [0.2, 0.25) is 11.9 Å². The third-order valence-corrected chi connectivity index (χ3v) is 2.85. The van der Waals surface area contributed by atoms with E-state index in [0.717, 1.165) is 38.8 Å². The first kappa shape index (κ1) is 16.4. The van der Waals surface area contributed by atoms with E-state index in [1.165, 1.54) is 0 Å². The van der Waals surface area contributed by atoms with Crippen molar-refractivity contribution in [3.8, 4) is 6.01 Å². The van der Waals surface area contributed by atoms with Crippen LogP contribution in [-0.4, -0.2) is 34.6 Å². The molecule has 0 atom stereocenters. The average Bonchev–Trinajstić information content (AvgIpc) is 2.47. The van der Waals surface area contributed by atoms with Gasteiger partial charge >= 0.3 is 6.01 Å². The van der Waals surface area contributed by atoms with Crippen molar-refractivity contribution in [3.05, 3.63) is 0 Å². The van der Waals surface area contributed by atoms with Crippen molar-refractivity contribution < 1.29 is 4.74 Å². The van der Waals surface area contributed by atoms with Gasteiger partial charge in [0.1, 0.15) is 0 Å². The van der Waals surface area contributed by atoms with E-state index in [4.69, 9.17) is 10.6 Å². The van der Waals surface area contributed by atoms with Crippen molar-refractivity contribution in [1.82, 2.24) is 15.0 Å². The van der Waals surface area contributed by atoms with Crippen LogP contribution >= 0.6 is 0 Å². The van der Waals surface area contributed by atoms with Crippen molar-refractivity contribution in [2.75, 3.05) is 30.0 Å². The SMILES string of the molecule is CCCCN(CCCC)c1nc(NN)nc(OCC)n1. The van der Waals surface area contributed by atoms with Crippen LogP contribution in [0.5, 0.6) is 6.01 Å². The van der Waals surface area contributed by atoms with E-state index in [1.807, 2.05) is 6.92 Å². The topological polar surface area (TPSA) is 89.2 Å². The summed E-state index contributed by atoms with van der Waals surface area (Å²) in [6.07, 6.45) is 4.47. The molecule has 0 aliphatic carbocycles. The Morgan fingerprint density at radius 2 is 1.70 bits per heavy atom. The minimum Gasteiger partial charge on any atom is -0.464 e. The summed E-state index contributed by atoms with van der Waals surface area (Å²) in [5, 5.41) is 0. The maximum absolute atomic E-state index is 5.41. The lowest BCUT2D eigenvalue weighted by Gasteiger charge is -2.22. The van der Waals surface area contributed by atoms with Crippen molar-refractivity contribution in [2.24, 2.45) is 5.84 Å². The average molecular weight is 282 g/mol. The Bertz CT molecular complexity index is 379. The summed E-state index contributed by atoms with van der Waals surface area (Å²) < 4.78 is 5.36. The number of anilines is 2. The quantitative estimate of drug-likeness (QED) is 0.501. The molecule has 0 saturated heterocycles. The maximum atomic E-state index is 5.41. The van der Waals surface area contributed by atoms with Crippen molar-refractivity contribution >= 4 is 11.9 Å². The smallest absolute Gasteiger partial charge is 0.323 e. The number of hydrazine groups is 1. The Kier molecular flexibility index (Phi) is 7.64. The van der Waals surface area contributed by atoms with Gasteiger partial charge in [0.15, 0.2) is 0 Å². The van der Waals surface area contributed by atoms with Gasteiger partial charge in [-0.25, -0.2) is 5.84 Å². The van der Waals surface area contributed by atoms with E-state index in [0.29, 0.717) is 24.5 Å². The molecule has 1 rings (SSSR count). The highest BCUT2D eigenvalue weighted by Crippen LogP contribution is 2.16. The number of nitrogen functional groups attached to an aromatic ring is 1. The fourth-order valence-corrected chi connectivity index (χ4v) is 1.76. The highest BCUT2D eigenvalue weighted by molar-refractivity contribution is 5.37. The summed E-state index contributed by atoms with van der Waals surface area (Å²) in [5.41, 5.74) is 2.46. The Morgan fingerprint density at radius 3 is 2.20 bits per heavy atom. The number of rotatable bonds is 10. The Balaban J connectivity index is 2.93. The van der Waals surface area contributed by atoms with E-state index in [-0.39, 0.29) is 0 Å². The van der Waals surface area contributed by atoms with Gasteiger partial charge in [-0.05, 0) is 19.8 Å². The summed E-state index contributed by atoms with van der Waals surface area (Å²) in [4.78, 5) is 14.9. The lowest BCUT2D eigenvalue weighted by atomic mass is 10.3. The molecule has 0 spiro atoms. The predicted octanol–water partition coefficient (Wildman–Crippen LogP) is 1.96. The molecule has 3 N–H and O–H groups in total.